The lowest BCUT2D eigenvalue weighted by Gasteiger charge is -2.32. The summed E-state index contributed by atoms with van der Waals surface area (Å²) in [6, 6.07) is 7.86. The average molecular weight is 536 g/mol. The van der Waals surface area contributed by atoms with Crippen molar-refractivity contribution in [3.05, 3.63) is 57.1 Å². The Kier molecular flexibility index (Phi) is 7.49. The van der Waals surface area contributed by atoms with E-state index in [4.69, 9.17) is 14.5 Å². The minimum absolute atomic E-state index is 0.323. The van der Waals surface area contributed by atoms with Gasteiger partial charge in [-0.1, -0.05) is 18.2 Å². The van der Waals surface area contributed by atoms with Gasteiger partial charge in [0.15, 0.2) is 6.10 Å². The number of pyridine rings is 1. The first kappa shape index (κ1) is 26.3. The van der Waals surface area contributed by atoms with Crippen LogP contribution >= 0.6 is 11.3 Å². The number of amides is 1. The summed E-state index contributed by atoms with van der Waals surface area (Å²) in [5, 5.41) is 4.01. The molecule has 1 unspecified atom stereocenters. The number of nitrogens with one attached hydrogen (secondary N) is 1. The monoisotopic (exact) mass is 535 g/mol. The molecule has 200 valence electrons. The number of hydrogen-bond donors (Lipinski definition) is 1. The first-order valence-corrected chi connectivity index (χ1v) is 14.0. The van der Waals surface area contributed by atoms with Crippen LogP contribution in [0.5, 0.6) is 0 Å². The van der Waals surface area contributed by atoms with E-state index >= 15 is 0 Å². The second-order valence-corrected chi connectivity index (χ2v) is 11.3. The maximum absolute atomic E-state index is 13.6. The summed E-state index contributed by atoms with van der Waals surface area (Å²) in [5.74, 6) is -1.50. The Balaban J connectivity index is 1.41. The maximum Gasteiger partial charge on any atom is 0.341 e. The van der Waals surface area contributed by atoms with Crippen LogP contribution in [0.25, 0.3) is 10.9 Å². The number of carbonyl (C=O) groups is 3. The van der Waals surface area contributed by atoms with E-state index in [9.17, 15) is 14.4 Å². The summed E-state index contributed by atoms with van der Waals surface area (Å²) in [5.41, 5.74) is 4.34. The first-order chi connectivity index (χ1) is 18.3. The molecule has 2 aromatic heterocycles. The van der Waals surface area contributed by atoms with Crippen LogP contribution in [0.3, 0.4) is 0 Å². The number of aromatic nitrogens is 1. The number of rotatable bonds is 6. The molecule has 0 radical (unpaired) electrons. The summed E-state index contributed by atoms with van der Waals surface area (Å²) in [4.78, 5) is 47.6. The number of benzene rings is 1. The van der Waals surface area contributed by atoms with Crippen molar-refractivity contribution in [3.63, 3.8) is 0 Å². The molecule has 1 aliphatic carbocycles. The van der Waals surface area contributed by atoms with Crippen LogP contribution in [0.1, 0.15) is 76.0 Å². The number of hydrogen-bond acceptors (Lipinski definition) is 8. The molecule has 1 amide bonds. The fourth-order valence-electron chi connectivity index (χ4n) is 5.34. The van der Waals surface area contributed by atoms with Crippen LogP contribution in [0.2, 0.25) is 0 Å². The molecule has 0 fully saturated rings. The normalized spacial score (nSPS) is 16.0. The molecule has 38 heavy (non-hydrogen) atoms. The van der Waals surface area contributed by atoms with E-state index in [1.54, 1.807) is 6.92 Å². The minimum Gasteiger partial charge on any atom is -0.465 e. The number of para-hydroxylation sites is 1. The van der Waals surface area contributed by atoms with Gasteiger partial charge >= 0.3 is 11.9 Å². The highest BCUT2D eigenvalue weighted by Crippen LogP contribution is 2.39. The predicted octanol–water partition coefficient (Wildman–Crippen LogP) is 4.91. The largest absolute Gasteiger partial charge is 0.465 e. The number of ether oxygens (including phenoxy) is 2. The zero-order valence-corrected chi connectivity index (χ0v) is 23.1. The van der Waals surface area contributed by atoms with E-state index in [2.05, 4.69) is 24.1 Å². The molecule has 3 aromatic rings. The van der Waals surface area contributed by atoms with Crippen LogP contribution < -0.4 is 5.32 Å². The zero-order chi connectivity index (χ0) is 27.0. The molecule has 1 N–H and O–H groups in total. The van der Waals surface area contributed by atoms with Gasteiger partial charge in [0.05, 0.1) is 23.8 Å². The SMILES string of the molecule is COC(=O)c1c(NC(=O)C(C)OC(=O)c2c3c(nc4ccccc24)CCN(C(C)C)C3)sc2c1CCCC2. The zero-order valence-electron chi connectivity index (χ0n) is 22.3. The minimum atomic E-state index is -1.07. The van der Waals surface area contributed by atoms with E-state index in [0.29, 0.717) is 34.1 Å². The number of esters is 2. The second kappa shape index (κ2) is 10.8. The van der Waals surface area contributed by atoms with Gasteiger partial charge in [0, 0.05) is 47.1 Å². The number of carbonyl (C=O) groups excluding carboxylic acids is 3. The topological polar surface area (TPSA) is 97.8 Å². The molecule has 0 spiro atoms. The lowest BCUT2D eigenvalue weighted by molar-refractivity contribution is -0.123. The Morgan fingerprint density at radius 3 is 2.53 bits per heavy atom. The maximum atomic E-state index is 13.6. The number of nitrogens with zero attached hydrogens (tertiary/aromatic N) is 2. The van der Waals surface area contributed by atoms with Crippen LogP contribution in [0, 0.1) is 0 Å². The highest BCUT2D eigenvalue weighted by atomic mass is 32.1. The molecule has 0 saturated heterocycles. The van der Waals surface area contributed by atoms with E-state index in [0.717, 1.165) is 65.9 Å². The number of thiophene rings is 1. The predicted molar refractivity (Wildman–Crippen MR) is 147 cm³/mol. The first-order valence-electron chi connectivity index (χ1n) is 13.2. The van der Waals surface area contributed by atoms with E-state index < -0.39 is 23.9 Å². The van der Waals surface area contributed by atoms with Gasteiger partial charge in [0.2, 0.25) is 0 Å². The van der Waals surface area contributed by atoms with E-state index in [1.807, 2.05) is 24.3 Å². The van der Waals surface area contributed by atoms with Gasteiger partial charge in [0.25, 0.3) is 5.91 Å². The van der Waals surface area contributed by atoms with Crippen molar-refractivity contribution in [2.75, 3.05) is 19.0 Å². The lowest BCUT2D eigenvalue weighted by Crippen LogP contribution is -2.37. The molecule has 3 heterocycles. The fraction of sp³-hybridized carbons (Fsp3) is 0.448. The fourth-order valence-corrected chi connectivity index (χ4v) is 6.62. The molecular formula is C29H33N3O5S. The average Bonchev–Trinajstić information content (AvgIpc) is 3.28. The molecule has 1 aliphatic heterocycles. The summed E-state index contributed by atoms with van der Waals surface area (Å²) >= 11 is 1.40. The lowest BCUT2D eigenvalue weighted by atomic mass is 9.95. The van der Waals surface area contributed by atoms with Crippen molar-refractivity contribution in [2.45, 2.75) is 71.6 Å². The Morgan fingerprint density at radius 2 is 1.76 bits per heavy atom. The Labute approximate surface area is 226 Å². The third-order valence-electron chi connectivity index (χ3n) is 7.46. The number of anilines is 1. The molecule has 1 atom stereocenters. The molecule has 8 nitrogen and oxygen atoms in total. The highest BCUT2D eigenvalue weighted by molar-refractivity contribution is 7.17. The van der Waals surface area contributed by atoms with Crippen LogP contribution in [0.15, 0.2) is 24.3 Å². The van der Waals surface area contributed by atoms with Crippen molar-refractivity contribution in [1.82, 2.24) is 9.88 Å². The van der Waals surface area contributed by atoms with Crippen molar-refractivity contribution >= 4 is 45.1 Å². The van der Waals surface area contributed by atoms with Crippen LogP contribution in [0.4, 0.5) is 5.00 Å². The molecule has 0 bridgehead atoms. The van der Waals surface area contributed by atoms with Crippen molar-refractivity contribution in [3.8, 4) is 0 Å². The van der Waals surface area contributed by atoms with Gasteiger partial charge < -0.3 is 14.8 Å². The molecule has 0 saturated carbocycles. The Hall–Kier alpha value is -3.30. The molecule has 1 aromatic carbocycles. The number of aryl methyl sites for hydroxylation is 1. The summed E-state index contributed by atoms with van der Waals surface area (Å²) in [6.07, 6.45) is 3.37. The third kappa shape index (κ3) is 4.92. The van der Waals surface area contributed by atoms with Gasteiger partial charge in [-0.25, -0.2) is 9.59 Å². The summed E-state index contributed by atoms with van der Waals surface area (Å²) in [6.45, 7) is 7.29. The van der Waals surface area contributed by atoms with Crippen molar-refractivity contribution in [1.29, 1.82) is 0 Å². The molecule has 5 rings (SSSR count). The summed E-state index contributed by atoms with van der Waals surface area (Å²) in [7, 11) is 1.34. The van der Waals surface area contributed by atoms with Crippen LogP contribution in [-0.4, -0.2) is 53.5 Å². The van der Waals surface area contributed by atoms with Gasteiger partial charge in [0.1, 0.15) is 5.00 Å². The smallest absolute Gasteiger partial charge is 0.341 e. The van der Waals surface area contributed by atoms with E-state index in [1.165, 1.54) is 18.4 Å². The summed E-state index contributed by atoms with van der Waals surface area (Å²) < 4.78 is 10.8. The number of methoxy groups -OCH3 is 1. The van der Waals surface area contributed by atoms with Crippen molar-refractivity contribution < 1.29 is 23.9 Å². The van der Waals surface area contributed by atoms with Gasteiger partial charge in [-0.3, -0.25) is 14.7 Å². The standard InChI is InChI=1S/C29H33N3O5S/c1-16(2)32-14-13-22-20(15-32)24(18-9-5-7-11-21(18)30-22)29(35)37-17(3)26(33)31-27-25(28(34)36-4)19-10-6-8-12-23(19)38-27/h5,7,9,11,16-17H,6,8,10,12-15H2,1-4H3,(H,31,33). The molecule has 9 heteroatoms. The van der Waals surface area contributed by atoms with Crippen molar-refractivity contribution in [2.24, 2.45) is 0 Å². The van der Waals surface area contributed by atoms with Gasteiger partial charge in [-0.2, -0.15) is 0 Å². The number of fused-ring (bicyclic) bond motifs is 3. The third-order valence-corrected chi connectivity index (χ3v) is 8.67. The Bertz CT molecular complexity index is 1410. The van der Waals surface area contributed by atoms with E-state index in [-0.39, 0.29) is 0 Å². The Morgan fingerprint density at radius 1 is 1.00 bits per heavy atom. The van der Waals surface area contributed by atoms with Crippen LogP contribution in [-0.2, 0) is 40.1 Å². The van der Waals surface area contributed by atoms with Gasteiger partial charge in [-0.05, 0) is 58.1 Å². The molecular weight excluding hydrogens is 502 g/mol. The highest BCUT2D eigenvalue weighted by Gasteiger charge is 2.31. The molecule has 2 aliphatic rings. The van der Waals surface area contributed by atoms with Gasteiger partial charge in [-0.15, -0.1) is 11.3 Å². The quantitative estimate of drug-likeness (QED) is 0.448. The second-order valence-electron chi connectivity index (χ2n) is 10.2.